The van der Waals surface area contributed by atoms with Crippen LogP contribution < -0.4 is 0 Å². The maximum atomic E-state index is 11.4. The van der Waals surface area contributed by atoms with Crippen LogP contribution in [0.2, 0.25) is 0 Å². The first-order valence-corrected chi connectivity index (χ1v) is 5.16. The average Bonchev–Trinajstić information content (AvgIpc) is 2.33. The van der Waals surface area contributed by atoms with Crippen LogP contribution in [0.4, 0.5) is 0 Å². The molecule has 0 unspecified atom stereocenters. The molecule has 3 nitrogen and oxygen atoms in total. The summed E-state index contributed by atoms with van der Waals surface area (Å²) in [5, 5.41) is 0.836. The van der Waals surface area contributed by atoms with Gasteiger partial charge in [-0.05, 0) is 24.4 Å². The van der Waals surface area contributed by atoms with Gasteiger partial charge in [0.05, 0.1) is 6.42 Å². The summed E-state index contributed by atoms with van der Waals surface area (Å²) in [6.07, 6.45) is 1.09. The number of aryl methyl sites for hydroxylation is 1. The molecule has 1 heterocycles. The fraction of sp³-hybridized carbons (Fsp3) is 0.667. The molecule has 0 aliphatic heterocycles. The highest BCUT2D eigenvalue weighted by atomic mass is 32.1. The van der Waals surface area contributed by atoms with E-state index >= 15 is 0 Å². The molecule has 72 valence electrons. The van der Waals surface area contributed by atoms with Crippen LogP contribution in [0.15, 0.2) is 0 Å². The predicted molar refractivity (Wildman–Crippen MR) is 52.8 cm³/mol. The van der Waals surface area contributed by atoms with Crippen LogP contribution in [-0.4, -0.2) is 15.1 Å². The number of carbonyl (C=O) groups excluding carboxylic acids is 1. The van der Waals surface area contributed by atoms with E-state index in [1.54, 1.807) is 0 Å². The zero-order valence-electron chi connectivity index (χ0n) is 8.20. The summed E-state index contributed by atoms with van der Waals surface area (Å²) in [6.45, 7) is 5.93. The lowest BCUT2D eigenvalue weighted by atomic mass is 10.1. The lowest BCUT2D eigenvalue weighted by molar-refractivity contribution is -0.119. The Kier molecular flexibility index (Phi) is 3.54. The smallest absolute Gasteiger partial charge is 0.140 e. The topological polar surface area (TPSA) is 42.9 Å². The fourth-order valence-corrected chi connectivity index (χ4v) is 1.78. The van der Waals surface area contributed by atoms with Gasteiger partial charge in [0.25, 0.3) is 0 Å². The second-order valence-corrected chi connectivity index (χ2v) is 4.39. The van der Waals surface area contributed by atoms with Gasteiger partial charge in [0.15, 0.2) is 0 Å². The van der Waals surface area contributed by atoms with E-state index in [0.717, 1.165) is 10.8 Å². The van der Waals surface area contributed by atoms with Gasteiger partial charge in [-0.3, -0.25) is 4.79 Å². The van der Waals surface area contributed by atoms with Crippen molar-refractivity contribution in [1.29, 1.82) is 0 Å². The second-order valence-electron chi connectivity index (χ2n) is 3.55. The van der Waals surface area contributed by atoms with Crippen LogP contribution >= 0.6 is 11.5 Å². The van der Waals surface area contributed by atoms with Gasteiger partial charge in [0, 0.05) is 6.42 Å². The summed E-state index contributed by atoms with van der Waals surface area (Å²) < 4.78 is 4.03. The van der Waals surface area contributed by atoms with Gasteiger partial charge < -0.3 is 0 Å². The summed E-state index contributed by atoms with van der Waals surface area (Å²) in [5.41, 5.74) is 0. The van der Waals surface area contributed by atoms with Crippen molar-refractivity contribution >= 4 is 17.3 Å². The Hall–Kier alpha value is -0.770. The van der Waals surface area contributed by atoms with Crippen LogP contribution in [0.25, 0.3) is 0 Å². The Balaban J connectivity index is 2.45. The van der Waals surface area contributed by atoms with Crippen molar-refractivity contribution in [1.82, 2.24) is 9.36 Å². The molecule has 0 amide bonds. The molecule has 0 aliphatic rings. The number of hydrogen-bond donors (Lipinski definition) is 0. The highest BCUT2D eigenvalue weighted by Gasteiger charge is 2.09. The first-order chi connectivity index (χ1) is 6.08. The molecule has 0 saturated heterocycles. The van der Waals surface area contributed by atoms with Crippen molar-refractivity contribution in [2.45, 2.75) is 33.6 Å². The molecule has 0 atom stereocenters. The third kappa shape index (κ3) is 3.63. The summed E-state index contributed by atoms with van der Waals surface area (Å²) in [4.78, 5) is 15.5. The van der Waals surface area contributed by atoms with Crippen LogP contribution in [0, 0.1) is 12.8 Å². The minimum Gasteiger partial charge on any atom is -0.299 e. The Morgan fingerprint density at radius 1 is 1.54 bits per heavy atom. The van der Waals surface area contributed by atoms with Crippen molar-refractivity contribution in [3.8, 4) is 0 Å². The maximum absolute atomic E-state index is 11.4. The summed E-state index contributed by atoms with van der Waals surface area (Å²) in [5.74, 6) is 1.45. The molecule has 4 heteroatoms. The molecule has 1 rings (SSSR count). The highest BCUT2D eigenvalue weighted by molar-refractivity contribution is 7.05. The number of rotatable bonds is 4. The third-order valence-corrected chi connectivity index (χ3v) is 2.36. The maximum Gasteiger partial charge on any atom is 0.140 e. The van der Waals surface area contributed by atoms with E-state index in [9.17, 15) is 4.79 Å². The van der Waals surface area contributed by atoms with E-state index in [1.807, 2.05) is 20.8 Å². The average molecular weight is 198 g/mol. The standard InChI is InChI=1S/C9H14N2OS/c1-6(2)4-8(12)5-9-10-7(3)11-13-9/h6H,4-5H2,1-3H3. The Morgan fingerprint density at radius 3 is 2.69 bits per heavy atom. The van der Waals surface area contributed by atoms with E-state index in [1.165, 1.54) is 11.5 Å². The normalized spacial score (nSPS) is 10.8. The van der Waals surface area contributed by atoms with E-state index in [0.29, 0.717) is 18.8 Å². The van der Waals surface area contributed by atoms with E-state index in [4.69, 9.17) is 0 Å². The molecule has 0 radical (unpaired) electrons. The molecule has 0 spiro atoms. The van der Waals surface area contributed by atoms with Crippen molar-refractivity contribution in [3.05, 3.63) is 10.8 Å². The first-order valence-electron chi connectivity index (χ1n) is 4.39. The Morgan fingerprint density at radius 2 is 2.23 bits per heavy atom. The number of aromatic nitrogens is 2. The third-order valence-electron chi connectivity index (χ3n) is 1.55. The lowest BCUT2D eigenvalue weighted by Gasteiger charge is -2.00. The Labute approximate surface area is 82.4 Å². The zero-order valence-corrected chi connectivity index (χ0v) is 9.02. The number of Topliss-reactive ketones (excluding diaryl/α,β-unsaturated/α-hetero) is 1. The minimum atomic E-state index is 0.256. The number of nitrogens with zero attached hydrogens (tertiary/aromatic N) is 2. The molecule has 1 aromatic heterocycles. The molecular formula is C9H14N2OS. The molecule has 1 aromatic rings. The molecule has 0 saturated carbocycles. The van der Waals surface area contributed by atoms with Gasteiger partial charge in [0.1, 0.15) is 16.6 Å². The highest BCUT2D eigenvalue weighted by Crippen LogP contribution is 2.08. The quantitative estimate of drug-likeness (QED) is 0.743. The first kappa shape index (κ1) is 10.3. The zero-order chi connectivity index (χ0) is 9.84. The van der Waals surface area contributed by atoms with Crippen LogP contribution in [-0.2, 0) is 11.2 Å². The summed E-state index contributed by atoms with van der Waals surface area (Å²) >= 11 is 1.32. The van der Waals surface area contributed by atoms with Gasteiger partial charge in [0.2, 0.25) is 0 Å². The molecule has 13 heavy (non-hydrogen) atoms. The van der Waals surface area contributed by atoms with Crippen molar-refractivity contribution in [2.75, 3.05) is 0 Å². The summed E-state index contributed by atoms with van der Waals surface area (Å²) in [6, 6.07) is 0. The van der Waals surface area contributed by atoms with Crippen LogP contribution in [0.1, 0.15) is 31.1 Å². The largest absolute Gasteiger partial charge is 0.299 e. The fourth-order valence-electron chi connectivity index (χ4n) is 1.11. The molecule has 0 N–H and O–H groups in total. The molecule has 0 bridgehead atoms. The predicted octanol–water partition coefficient (Wildman–Crippen LogP) is 2.00. The monoisotopic (exact) mass is 198 g/mol. The van der Waals surface area contributed by atoms with E-state index < -0.39 is 0 Å². The number of carbonyl (C=O) groups is 1. The van der Waals surface area contributed by atoms with Crippen LogP contribution in [0.5, 0.6) is 0 Å². The molecule has 0 aromatic carbocycles. The van der Waals surface area contributed by atoms with Crippen molar-refractivity contribution < 1.29 is 4.79 Å². The van der Waals surface area contributed by atoms with Crippen molar-refractivity contribution in [2.24, 2.45) is 5.92 Å². The van der Waals surface area contributed by atoms with Gasteiger partial charge >= 0.3 is 0 Å². The van der Waals surface area contributed by atoms with Gasteiger partial charge in [-0.25, -0.2) is 4.98 Å². The van der Waals surface area contributed by atoms with Gasteiger partial charge in [-0.2, -0.15) is 4.37 Å². The summed E-state index contributed by atoms with van der Waals surface area (Å²) in [7, 11) is 0. The van der Waals surface area contributed by atoms with Gasteiger partial charge in [-0.1, -0.05) is 13.8 Å². The lowest BCUT2D eigenvalue weighted by Crippen LogP contribution is -2.05. The second kappa shape index (κ2) is 4.46. The van der Waals surface area contributed by atoms with Crippen molar-refractivity contribution in [3.63, 3.8) is 0 Å². The SMILES string of the molecule is Cc1nsc(CC(=O)CC(C)C)n1. The molecule has 0 aliphatic carbocycles. The van der Waals surface area contributed by atoms with E-state index in [2.05, 4.69) is 9.36 Å². The molecular weight excluding hydrogens is 184 g/mol. The Bertz CT molecular complexity index is 294. The minimum absolute atomic E-state index is 0.256. The van der Waals surface area contributed by atoms with Gasteiger partial charge in [-0.15, -0.1) is 0 Å². The van der Waals surface area contributed by atoms with E-state index in [-0.39, 0.29) is 5.78 Å². The van der Waals surface area contributed by atoms with Crippen LogP contribution in [0.3, 0.4) is 0 Å². The molecule has 0 fully saturated rings. The number of ketones is 1. The number of hydrogen-bond acceptors (Lipinski definition) is 4.